The summed E-state index contributed by atoms with van der Waals surface area (Å²) in [6, 6.07) is 23.5. The lowest BCUT2D eigenvalue weighted by atomic mass is 9.95. The van der Waals surface area contributed by atoms with Gasteiger partial charge in [-0.25, -0.2) is 4.57 Å². The number of methoxy groups -OCH3 is 1. The van der Waals surface area contributed by atoms with E-state index in [0.717, 1.165) is 11.1 Å². The van der Waals surface area contributed by atoms with Crippen molar-refractivity contribution in [3.8, 4) is 11.5 Å². The highest BCUT2D eigenvalue weighted by Crippen LogP contribution is 2.58. The van der Waals surface area contributed by atoms with Crippen molar-refractivity contribution in [3.63, 3.8) is 0 Å². The second kappa shape index (κ2) is 17.3. The van der Waals surface area contributed by atoms with Crippen molar-refractivity contribution in [3.05, 3.63) is 96.1 Å². The molecule has 0 bridgehead atoms. The fourth-order valence-corrected chi connectivity index (χ4v) is 8.62. The molecule has 3 unspecified atom stereocenters. The van der Waals surface area contributed by atoms with Gasteiger partial charge in [-0.1, -0.05) is 67.6 Å². The number of nitrogens with one attached hydrogen (secondary N) is 1. The van der Waals surface area contributed by atoms with Gasteiger partial charge in [0, 0.05) is 19.0 Å². The van der Waals surface area contributed by atoms with Gasteiger partial charge < -0.3 is 38.3 Å². The number of esters is 1. The van der Waals surface area contributed by atoms with E-state index in [1.165, 1.54) is 18.7 Å². The van der Waals surface area contributed by atoms with Crippen molar-refractivity contribution in [2.75, 3.05) is 20.3 Å². The molecule has 1 N–H and O–H groups in total. The van der Waals surface area contributed by atoms with E-state index < -0.39 is 62.6 Å². The van der Waals surface area contributed by atoms with Gasteiger partial charge in [0.25, 0.3) is 0 Å². The van der Waals surface area contributed by atoms with Gasteiger partial charge in [0.1, 0.15) is 41.9 Å². The van der Waals surface area contributed by atoms with Crippen LogP contribution < -0.4 is 14.6 Å². The van der Waals surface area contributed by atoms with E-state index in [2.05, 4.69) is 5.32 Å². The summed E-state index contributed by atoms with van der Waals surface area (Å²) in [5.74, 6) is -0.134. The molecule has 52 heavy (non-hydrogen) atoms. The Bertz CT molecular complexity index is 1660. The van der Waals surface area contributed by atoms with Gasteiger partial charge >= 0.3 is 13.7 Å². The Hall–Kier alpha value is -3.81. The topological polar surface area (TPSA) is 140 Å². The lowest BCUT2D eigenvalue weighted by molar-refractivity contribution is -0.343. The SMILES string of the molecule is CCC(C)OC(=O)[C@@H]1CCCN1P(=O)(Oc1ccc(OC)cc1)O[C@@H]1[C@@H](NC(C)=O)[C@@H](OCc2ccccc2)O[C@@H]2COC(c3ccccc3)O[C@H]12. The van der Waals surface area contributed by atoms with Crippen LogP contribution in [0.4, 0.5) is 0 Å². The van der Waals surface area contributed by atoms with E-state index in [4.69, 9.17) is 37.5 Å². The summed E-state index contributed by atoms with van der Waals surface area (Å²) in [7, 11) is -2.93. The number of fused-ring (bicyclic) bond motifs is 1. The summed E-state index contributed by atoms with van der Waals surface area (Å²) in [5.41, 5.74) is 1.63. The zero-order valence-corrected chi connectivity index (χ0v) is 30.7. The molecular formula is C38H47N2O11P. The molecule has 9 atom stereocenters. The smallest absolute Gasteiger partial charge is 0.462 e. The molecule has 280 valence electrons. The van der Waals surface area contributed by atoms with Crippen molar-refractivity contribution in [2.24, 2.45) is 0 Å². The van der Waals surface area contributed by atoms with Crippen molar-refractivity contribution in [1.29, 1.82) is 0 Å². The van der Waals surface area contributed by atoms with E-state index in [1.807, 2.05) is 74.5 Å². The summed E-state index contributed by atoms with van der Waals surface area (Å²) in [5, 5.41) is 2.93. The summed E-state index contributed by atoms with van der Waals surface area (Å²) < 4.78 is 66.6. The molecule has 3 aromatic carbocycles. The van der Waals surface area contributed by atoms with Gasteiger partial charge in [-0.3, -0.25) is 14.1 Å². The number of benzene rings is 3. The number of carbonyl (C=O) groups excluding carboxylic acids is 2. The third-order valence-electron chi connectivity index (χ3n) is 9.28. The van der Waals surface area contributed by atoms with Crippen LogP contribution in [0.2, 0.25) is 0 Å². The van der Waals surface area contributed by atoms with Crippen LogP contribution >= 0.6 is 7.75 Å². The van der Waals surface area contributed by atoms with E-state index in [9.17, 15) is 9.59 Å². The third-order valence-corrected chi connectivity index (χ3v) is 11.3. The molecule has 3 heterocycles. The van der Waals surface area contributed by atoms with Crippen molar-refractivity contribution < 1.29 is 51.6 Å². The van der Waals surface area contributed by atoms with Crippen LogP contribution in [0.15, 0.2) is 84.9 Å². The van der Waals surface area contributed by atoms with Crippen LogP contribution in [-0.4, -0.2) is 79.6 Å². The van der Waals surface area contributed by atoms with Crippen LogP contribution in [0.25, 0.3) is 0 Å². The first-order valence-electron chi connectivity index (χ1n) is 17.7. The Balaban J connectivity index is 1.39. The molecule has 3 aliphatic rings. The van der Waals surface area contributed by atoms with Crippen molar-refractivity contribution >= 4 is 19.6 Å². The average molecular weight is 739 g/mol. The fourth-order valence-electron chi connectivity index (χ4n) is 6.46. The maximum absolute atomic E-state index is 15.6. The van der Waals surface area contributed by atoms with Crippen LogP contribution in [0.3, 0.4) is 0 Å². The molecule has 3 saturated heterocycles. The van der Waals surface area contributed by atoms with Gasteiger partial charge in [-0.2, -0.15) is 4.67 Å². The predicted octanol–water partition coefficient (Wildman–Crippen LogP) is 5.93. The molecule has 6 rings (SSSR count). The zero-order valence-electron chi connectivity index (χ0n) is 29.8. The number of nitrogens with zero attached hydrogens (tertiary/aromatic N) is 1. The maximum atomic E-state index is 15.6. The first-order valence-corrected chi connectivity index (χ1v) is 19.2. The summed E-state index contributed by atoms with van der Waals surface area (Å²) >= 11 is 0. The van der Waals surface area contributed by atoms with Crippen molar-refractivity contribution in [1.82, 2.24) is 9.99 Å². The van der Waals surface area contributed by atoms with Gasteiger partial charge in [-0.05, 0) is 56.0 Å². The molecule has 14 heteroatoms. The Kier molecular flexibility index (Phi) is 12.7. The number of amides is 1. The number of ether oxygens (including phenoxy) is 6. The highest BCUT2D eigenvalue weighted by atomic mass is 31.2. The number of hydrogen-bond donors (Lipinski definition) is 1. The average Bonchev–Trinajstić information content (AvgIpc) is 3.67. The molecule has 0 spiro atoms. The second-order valence-electron chi connectivity index (χ2n) is 13.0. The molecule has 0 radical (unpaired) electrons. The van der Waals surface area contributed by atoms with E-state index in [-0.39, 0.29) is 31.6 Å². The molecule has 0 aliphatic carbocycles. The minimum absolute atomic E-state index is 0.0826. The molecule has 1 amide bonds. The van der Waals surface area contributed by atoms with Gasteiger partial charge in [0.05, 0.1) is 26.4 Å². The quantitative estimate of drug-likeness (QED) is 0.155. The first kappa shape index (κ1) is 37.9. The highest BCUT2D eigenvalue weighted by Gasteiger charge is 2.57. The normalized spacial score (nSPS) is 27.8. The summed E-state index contributed by atoms with van der Waals surface area (Å²) in [4.78, 5) is 26.4. The number of hydrogen-bond acceptors (Lipinski definition) is 11. The van der Waals surface area contributed by atoms with Crippen LogP contribution in [-0.2, 0) is 49.0 Å². The number of carbonyl (C=O) groups is 2. The monoisotopic (exact) mass is 738 g/mol. The Morgan fingerprint density at radius 1 is 0.981 bits per heavy atom. The highest BCUT2D eigenvalue weighted by molar-refractivity contribution is 7.51. The lowest BCUT2D eigenvalue weighted by Gasteiger charge is -2.50. The van der Waals surface area contributed by atoms with Crippen molar-refractivity contribution in [2.45, 2.75) is 95.7 Å². The van der Waals surface area contributed by atoms with Gasteiger partial charge in [0.2, 0.25) is 5.91 Å². The molecular weight excluding hydrogens is 691 g/mol. The maximum Gasteiger partial charge on any atom is 0.462 e. The summed E-state index contributed by atoms with van der Waals surface area (Å²) in [6.07, 6.45) is -3.54. The Labute approximate surface area is 304 Å². The molecule has 0 aromatic heterocycles. The first-order chi connectivity index (χ1) is 25.2. The standard InChI is InChI=1S/C38H47N2O11P/c1-5-25(2)47-36(42)31-17-12-22-40(31)52(43,50-30-20-18-29(44-4)19-21-30)51-35-33(39-26(3)41)38(45-23-27-13-8-6-9-14-27)48-32-24-46-37(49-34(32)35)28-15-10-7-11-16-28/h6-11,13-16,18-21,25,31-35,37-38H,5,12,17,22-24H2,1-4H3,(H,39,41)/t25?,31-,32+,33+,34-,35+,37?,38-,52?/m0/s1. The second-order valence-corrected chi connectivity index (χ2v) is 14.9. The van der Waals surface area contributed by atoms with E-state index >= 15 is 4.57 Å². The molecule has 13 nitrogen and oxygen atoms in total. The minimum atomic E-state index is -4.47. The minimum Gasteiger partial charge on any atom is -0.497 e. The molecule has 0 saturated carbocycles. The largest absolute Gasteiger partial charge is 0.497 e. The molecule has 3 fully saturated rings. The zero-order chi connectivity index (χ0) is 36.7. The summed E-state index contributed by atoms with van der Waals surface area (Å²) in [6.45, 7) is 5.55. The Morgan fingerprint density at radius 2 is 1.67 bits per heavy atom. The van der Waals surface area contributed by atoms with E-state index in [0.29, 0.717) is 25.0 Å². The molecule has 3 aromatic rings. The van der Waals surface area contributed by atoms with E-state index in [1.54, 1.807) is 24.3 Å². The van der Waals surface area contributed by atoms with Gasteiger partial charge in [0.15, 0.2) is 12.6 Å². The number of rotatable bonds is 14. The third kappa shape index (κ3) is 9.03. The lowest BCUT2D eigenvalue weighted by Crippen LogP contribution is -2.67. The van der Waals surface area contributed by atoms with Crippen LogP contribution in [0, 0.1) is 0 Å². The Morgan fingerprint density at radius 3 is 2.35 bits per heavy atom. The molecule has 3 aliphatic heterocycles. The predicted molar refractivity (Wildman–Crippen MR) is 189 cm³/mol. The van der Waals surface area contributed by atoms with Crippen LogP contribution in [0.1, 0.15) is 57.5 Å². The van der Waals surface area contributed by atoms with Crippen LogP contribution in [0.5, 0.6) is 11.5 Å². The van der Waals surface area contributed by atoms with Gasteiger partial charge in [-0.15, -0.1) is 0 Å². The fraction of sp³-hybridized carbons (Fsp3) is 0.474.